The summed E-state index contributed by atoms with van der Waals surface area (Å²) in [6, 6.07) is 0. The molecule has 1 aromatic rings. The van der Waals surface area contributed by atoms with Crippen molar-refractivity contribution in [3.05, 3.63) is 11.9 Å². The number of amides is 1. The number of carbonyl (C=O) groups is 1. The number of carbonyl (C=O) groups excluding carboxylic acids is 1. The van der Waals surface area contributed by atoms with Crippen molar-refractivity contribution in [3.8, 4) is 0 Å². The van der Waals surface area contributed by atoms with E-state index in [2.05, 4.69) is 8.75 Å². The Labute approximate surface area is 73.2 Å². The van der Waals surface area contributed by atoms with Gasteiger partial charge in [0.05, 0.1) is 31.1 Å². The summed E-state index contributed by atoms with van der Waals surface area (Å²) in [5, 5.41) is 1.33. The predicted molar refractivity (Wildman–Crippen MR) is 41.5 cm³/mol. The highest BCUT2D eigenvalue weighted by Gasteiger charge is 2.22. The zero-order valence-electron chi connectivity index (χ0n) is 6.27. The molecule has 0 atom stereocenters. The molecule has 0 bridgehead atoms. The van der Waals surface area contributed by atoms with E-state index in [4.69, 9.17) is 4.84 Å². The van der Waals surface area contributed by atoms with Crippen molar-refractivity contribution in [1.29, 1.82) is 0 Å². The van der Waals surface area contributed by atoms with Crippen LogP contribution in [0.25, 0.3) is 0 Å². The fourth-order valence-electron chi connectivity index (χ4n) is 0.994. The lowest BCUT2D eigenvalue weighted by atomic mass is 10.4. The molecule has 1 aliphatic heterocycles. The van der Waals surface area contributed by atoms with E-state index in [-0.39, 0.29) is 5.91 Å². The molecule has 64 valence electrons. The van der Waals surface area contributed by atoms with E-state index in [1.165, 1.54) is 11.3 Å². The molecule has 1 fully saturated rings. The van der Waals surface area contributed by atoms with Crippen LogP contribution in [0.15, 0.2) is 6.20 Å². The molecule has 6 heteroatoms. The van der Waals surface area contributed by atoms with Gasteiger partial charge in [0.2, 0.25) is 0 Å². The number of hydrogen-bond acceptors (Lipinski definition) is 5. The van der Waals surface area contributed by atoms with E-state index in [1.54, 1.807) is 0 Å². The van der Waals surface area contributed by atoms with Crippen molar-refractivity contribution < 1.29 is 9.63 Å². The molecule has 0 spiro atoms. The van der Waals surface area contributed by atoms with Gasteiger partial charge >= 0.3 is 0 Å². The van der Waals surface area contributed by atoms with Crippen LogP contribution in [0.3, 0.4) is 0 Å². The molecule has 0 aliphatic carbocycles. The topological polar surface area (TPSA) is 55.3 Å². The van der Waals surface area contributed by atoms with Gasteiger partial charge in [0, 0.05) is 0 Å². The van der Waals surface area contributed by atoms with Crippen LogP contribution in [0.5, 0.6) is 0 Å². The Hall–Kier alpha value is -1.01. The first-order valence-electron chi connectivity index (χ1n) is 3.60. The molecular formula is C6H7N3O2S. The molecule has 1 amide bonds. The lowest BCUT2D eigenvalue weighted by Gasteiger charge is -2.10. The van der Waals surface area contributed by atoms with Gasteiger partial charge in [-0.1, -0.05) is 0 Å². The van der Waals surface area contributed by atoms with Crippen molar-refractivity contribution >= 4 is 17.6 Å². The molecule has 12 heavy (non-hydrogen) atoms. The maximum absolute atomic E-state index is 11.4. The minimum Gasteiger partial charge on any atom is -0.271 e. The van der Waals surface area contributed by atoms with Gasteiger partial charge in [0.1, 0.15) is 0 Å². The summed E-state index contributed by atoms with van der Waals surface area (Å²) in [4.78, 5) is 16.5. The summed E-state index contributed by atoms with van der Waals surface area (Å²) < 4.78 is 7.56. The number of aromatic nitrogens is 2. The summed E-state index contributed by atoms with van der Waals surface area (Å²) in [6.07, 6.45) is 2.35. The minimum atomic E-state index is -0.193. The standard InChI is InChI=1S/C6H7N3O2S/c10-6(5-4-7-12-8-5)9-2-1-3-11-9/h4H,1-3H2. The molecule has 1 saturated heterocycles. The summed E-state index contributed by atoms with van der Waals surface area (Å²) in [5.41, 5.74) is 0.363. The first-order valence-corrected chi connectivity index (χ1v) is 4.33. The fourth-order valence-corrected chi connectivity index (χ4v) is 1.40. The third-order valence-corrected chi connectivity index (χ3v) is 2.04. The Kier molecular flexibility index (Phi) is 2.01. The largest absolute Gasteiger partial charge is 0.298 e. The zero-order valence-corrected chi connectivity index (χ0v) is 7.08. The van der Waals surface area contributed by atoms with Crippen LogP contribution in [-0.2, 0) is 4.84 Å². The number of hydroxylamine groups is 2. The smallest absolute Gasteiger partial charge is 0.271 e. The Morgan fingerprint density at radius 1 is 1.75 bits per heavy atom. The van der Waals surface area contributed by atoms with E-state index < -0.39 is 0 Å². The van der Waals surface area contributed by atoms with Crippen molar-refractivity contribution in [1.82, 2.24) is 13.8 Å². The van der Waals surface area contributed by atoms with E-state index in [1.807, 2.05) is 0 Å². The van der Waals surface area contributed by atoms with E-state index in [0.717, 1.165) is 18.1 Å². The van der Waals surface area contributed by atoms with Crippen LogP contribution in [0, 0.1) is 0 Å². The van der Waals surface area contributed by atoms with Crippen LogP contribution >= 0.6 is 11.7 Å². The van der Waals surface area contributed by atoms with Gasteiger partial charge in [-0.05, 0) is 6.42 Å². The summed E-state index contributed by atoms with van der Waals surface area (Å²) in [7, 11) is 0. The Balaban J connectivity index is 2.09. The van der Waals surface area contributed by atoms with Gasteiger partial charge in [-0.25, -0.2) is 5.06 Å². The van der Waals surface area contributed by atoms with E-state index >= 15 is 0 Å². The fraction of sp³-hybridized carbons (Fsp3) is 0.500. The van der Waals surface area contributed by atoms with Gasteiger partial charge < -0.3 is 0 Å². The molecule has 5 nitrogen and oxygen atoms in total. The van der Waals surface area contributed by atoms with Crippen LogP contribution in [0.1, 0.15) is 16.9 Å². The van der Waals surface area contributed by atoms with Gasteiger partial charge in [0.15, 0.2) is 5.69 Å². The molecule has 0 radical (unpaired) electrons. The Morgan fingerprint density at radius 3 is 3.25 bits per heavy atom. The number of rotatable bonds is 1. The molecule has 0 aromatic carbocycles. The van der Waals surface area contributed by atoms with Crippen molar-refractivity contribution in [3.63, 3.8) is 0 Å². The van der Waals surface area contributed by atoms with Gasteiger partial charge in [-0.2, -0.15) is 8.75 Å². The van der Waals surface area contributed by atoms with Crippen LogP contribution in [0.2, 0.25) is 0 Å². The summed E-state index contributed by atoms with van der Waals surface area (Å²) in [6.45, 7) is 1.26. The lowest BCUT2D eigenvalue weighted by molar-refractivity contribution is -0.0771. The summed E-state index contributed by atoms with van der Waals surface area (Å²) in [5.74, 6) is -0.193. The summed E-state index contributed by atoms with van der Waals surface area (Å²) >= 11 is 1.02. The van der Waals surface area contributed by atoms with Gasteiger partial charge in [0.25, 0.3) is 5.91 Å². The van der Waals surface area contributed by atoms with Crippen LogP contribution < -0.4 is 0 Å². The molecule has 2 heterocycles. The van der Waals surface area contributed by atoms with Crippen molar-refractivity contribution in [2.24, 2.45) is 0 Å². The normalized spacial score (nSPS) is 16.8. The highest BCUT2D eigenvalue weighted by atomic mass is 32.1. The molecule has 1 aliphatic rings. The zero-order chi connectivity index (χ0) is 8.39. The van der Waals surface area contributed by atoms with Crippen molar-refractivity contribution in [2.75, 3.05) is 13.2 Å². The van der Waals surface area contributed by atoms with Crippen LogP contribution in [0.4, 0.5) is 0 Å². The molecule has 1 aromatic heterocycles. The highest BCUT2D eigenvalue weighted by molar-refractivity contribution is 6.99. The third-order valence-electron chi connectivity index (χ3n) is 1.56. The second kappa shape index (κ2) is 3.16. The second-order valence-corrected chi connectivity index (χ2v) is 2.94. The maximum Gasteiger partial charge on any atom is 0.298 e. The average molecular weight is 185 g/mol. The number of nitrogens with zero attached hydrogens (tertiary/aromatic N) is 3. The van der Waals surface area contributed by atoms with Gasteiger partial charge in [-0.3, -0.25) is 9.63 Å². The Morgan fingerprint density at radius 2 is 2.67 bits per heavy atom. The Bertz CT molecular complexity index is 268. The molecule has 2 rings (SSSR count). The van der Waals surface area contributed by atoms with Crippen molar-refractivity contribution in [2.45, 2.75) is 6.42 Å². The molecule has 0 unspecified atom stereocenters. The first kappa shape index (κ1) is 7.63. The first-order chi connectivity index (χ1) is 5.88. The second-order valence-electron chi connectivity index (χ2n) is 2.39. The average Bonchev–Trinajstić information content (AvgIpc) is 2.77. The number of hydrogen-bond donors (Lipinski definition) is 0. The maximum atomic E-state index is 11.4. The van der Waals surface area contributed by atoms with Gasteiger partial charge in [-0.15, -0.1) is 0 Å². The molecular weight excluding hydrogens is 178 g/mol. The minimum absolute atomic E-state index is 0.193. The van der Waals surface area contributed by atoms with E-state index in [9.17, 15) is 4.79 Å². The van der Waals surface area contributed by atoms with E-state index in [0.29, 0.717) is 18.8 Å². The predicted octanol–water partition coefficient (Wildman–Crippen LogP) is 0.316. The third kappa shape index (κ3) is 1.30. The quantitative estimate of drug-likeness (QED) is 0.632. The highest BCUT2D eigenvalue weighted by Crippen LogP contribution is 2.09. The lowest BCUT2D eigenvalue weighted by Crippen LogP contribution is -2.26. The SMILES string of the molecule is O=C(c1cnsn1)N1CCCO1. The van der Waals surface area contributed by atoms with Crippen LogP contribution in [-0.4, -0.2) is 32.9 Å². The molecule has 0 N–H and O–H groups in total. The monoisotopic (exact) mass is 185 g/mol. The molecule has 0 saturated carbocycles.